The second-order valence-corrected chi connectivity index (χ2v) is 8.24. The molecule has 1 aliphatic rings. The molecule has 3 aromatic carbocycles. The first-order chi connectivity index (χ1) is 16.5. The van der Waals surface area contributed by atoms with Gasteiger partial charge in [-0.05, 0) is 35.4 Å². The van der Waals surface area contributed by atoms with E-state index < -0.39 is 12.0 Å². The zero-order valence-electron chi connectivity index (χ0n) is 18.2. The monoisotopic (exact) mass is 452 g/mol. The minimum atomic E-state index is -0.996. The summed E-state index contributed by atoms with van der Waals surface area (Å²) < 4.78 is 1.61. The van der Waals surface area contributed by atoms with Gasteiger partial charge in [0.2, 0.25) is 0 Å². The molecule has 34 heavy (non-hydrogen) atoms. The van der Waals surface area contributed by atoms with Crippen molar-refractivity contribution in [3.05, 3.63) is 107 Å². The lowest BCUT2D eigenvalue weighted by Crippen LogP contribution is -2.44. The maximum absolute atomic E-state index is 13.3. The maximum atomic E-state index is 13.3. The van der Waals surface area contributed by atoms with Crippen molar-refractivity contribution in [1.82, 2.24) is 4.98 Å². The number of benzene rings is 3. The van der Waals surface area contributed by atoms with Crippen molar-refractivity contribution in [2.45, 2.75) is 18.9 Å². The number of aromatic carboxylic acids is 1. The molecule has 0 saturated carbocycles. The first kappa shape index (κ1) is 21.3. The largest absolute Gasteiger partial charge is 0.508 e. The summed E-state index contributed by atoms with van der Waals surface area (Å²) in [7, 11) is 0. The number of hydrogen-bond donors (Lipinski definition) is 3. The van der Waals surface area contributed by atoms with Gasteiger partial charge in [-0.25, -0.2) is 14.6 Å². The van der Waals surface area contributed by atoms with Gasteiger partial charge in [0.15, 0.2) is 6.04 Å². The van der Waals surface area contributed by atoms with Gasteiger partial charge in [-0.1, -0.05) is 54.6 Å². The SMILES string of the molecule is O=C(O)c1ccc(-c2c[n+]3c(c(Cc4ccccc4)n2)NC(Cc2ccc(O)cc2)C3=O)cc1. The van der Waals surface area contributed by atoms with Crippen molar-refractivity contribution < 1.29 is 24.4 Å². The lowest BCUT2D eigenvalue weighted by Gasteiger charge is -2.07. The highest BCUT2D eigenvalue weighted by molar-refractivity contribution is 5.88. The van der Waals surface area contributed by atoms with E-state index in [1.165, 1.54) is 12.1 Å². The Kier molecular flexibility index (Phi) is 5.51. The van der Waals surface area contributed by atoms with Crippen LogP contribution in [0.15, 0.2) is 85.1 Å². The van der Waals surface area contributed by atoms with E-state index >= 15 is 0 Å². The predicted molar refractivity (Wildman–Crippen MR) is 126 cm³/mol. The average Bonchev–Trinajstić information content (AvgIpc) is 3.16. The molecule has 0 aliphatic carbocycles. The number of phenolic OH excluding ortho intramolecular Hbond substituents is 1. The lowest BCUT2D eigenvalue weighted by atomic mass is 10.1. The summed E-state index contributed by atoms with van der Waals surface area (Å²) in [5.41, 5.74) is 4.23. The first-order valence-corrected chi connectivity index (χ1v) is 10.9. The number of carboxylic acid groups (broad SMARTS) is 1. The minimum Gasteiger partial charge on any atom is -0.508 e. The fourth-order valence-electron chi connectivity index (χ4n) is 4.12. The molecule has 0 saturated heterocycles. The molecule has 1 aliphatic heterocycles. The lowest BCUT2D eigenvalue weighted by molar-refractivity contribution is -0.552. The number of carboxylic acids is 1. The fourth-order valence-corrected chi connectivity index (χ4v) is 4.12. The average molecular weight is 452 g/mol. The zero-order chi connectivity index (χ0) is 23.7. The van der Waals surface area contributed by atoms with Crippen molar-refractivity contribution in [2.24, 2.45) is 0 Å². The van der Waals surface area contributed by atoms with E-state index in [1.54, 1.807) is 47.2 Å². The number of nitrogens with zero attached hydrogens (tertiary/aromatic N) is 2. The van der Waals surface area contributed by atoms with Crippen LogP contribution in [0, 0.1) is 0 Å². The van der Waals surface area contributed by atoms with Crippen LogP contribution in [0.1, 0.15) is 32.0 Å². The number of hydrogen-bond acceptors (Lipinski definition) is 5. The van der Waals surface area contributed by atoms with Gasteiger partial charge < -0.3 is 10.2 Å². The normalized spacial score (nSPS) is 14.5. The van der Waals surface area contributed by atoms with E-state index in [4.69, 9.17) is 4.98 Å². The van der Waals surface area contributed by atoms with Crippen LogP contribution in [0.2, 0.25) is 0 Å². The molecule has 5 rings (SSSR count). The minimum absolute atomic E-state index is 0.0943. The Hall–Kier alpha value is -4.52. The second-order valence-electron chi connectivity index (χ2n) is 8.24. The predicted octanol–water partition coefficient (Wildman–Crippen LogP) is 3.71. The van der Waals surface area contributed by atoms with Crippen molar-refractivity contribution >= 4 is 17.7 Å². The molecule has 4 aromatic rings. The Morgan fingerprint density at radius 2 is 1.65 bits per heavy atom. The number of rotatable bonds is 6. The molecule has 1 aromatic heterocycles. The van der Waals surface area contributed by atoms with E-state index in [0.717, 1.165) is 22.4 Å². The maximum Gasteiger partial charge on any atom is 0.359 e. The van der Waals surface area contributed by atoms with Crippen LogP contribution < -0.4 is 9.88 Å². The fraction of sp³-hybridized carbons (Fsp3) is 0.111. The van der Waals surface area contributed by atoms with Gasteiger partial charge >= 0.3 is 17.7 Å². The van der Waals surface area contributed by atoms with Crippen LogP contribution in [0.5, 0.6) is 5.75 Å². The van der Waals surface area contributed by atoms with Crippen molar-refractivity contribution in [1.29, 1.82) is 0 Å². The molecule has 0 radical (unpaired) electrons. The summed E-state index contributed by atoms with van der Waals surface area (Å²) >= 11 is 0. The third kappa shape index (κ3) is 4.23. The smallest absolute Gasteiger partial charge is 0.359 e. The molecule has 0 bridgehead atoms. The number of fused-ring (bicyclic) bond motifs is 1. The van der Waals surface area contributed by atoms with Crippen molar-refractivity contribution in [2.75, 3.05) is 5.32 Å². The van der Waals surface area contributed by atoms with E-state index in [1.807, 2.05) is 30.3 Å². The number of nitrogens with one attached hydrogen (secondary N) is 1. The van der Waals surface area contributed by atoms with Crippen LogP contribution in [0.25, 0.3) is 11.3 Å². The van der Waals surface area contributed by atoms with Crippen LogP contribution in [0.3, 0.4) is 0 Å². The van der Waals surface area contributed by atoms with Gasteiger partial charge in [-0.15, -0.1) is 0 Å². The molecule has 7 nitrogen and oxygen atoms in total. The van der Waals surface area contributed by atoms with Crippen LogP contribution >= 0.6 is 0 Å². The Morgan fingerprint density at radius 3 is 2.32 bits per heavy atom. The highest BCUT2D eigenvalue weighted by atomic mass is 16.4. The first-order valence-electron chi connectivity index (χ1n) is 10.9. The molecule has 2 heterocycles. The molecular weight excluding hydrogens is 430 g/mol. The zero-order valence-corrected chi connectivity index (χ0v) is 18.2. The highest BCUT2D eigenvalue weighted by Gasteiger charge is 2.41. The van der Waals surface area contributed by atoms with Gasteiger partial charge in [0.05, 0.1) is 5.56 Å². The Bertz CT molecular complexity index is 1370. The Balaban J connectivity index is 1.53. The molecule has 7 heteroatoms. The quantitative estimate of drug-likeness (QED) is 0.386. The van der Waals surface area contributed by atoms with Crippen LogP contribution in [-0.4, -0.2) is 33.1 Å². The van der Waals surface area contributed by atoms with Gasteiger partial charge in [0, 0.05) is 18.4 Å². The highest BCUT2D eigenvalue weighted by Crippen LogP contribution is 2.25. The number of anilines is 1. The molecule has 1 unspecified atom stereocenters. The summed E-state index contributed by atoms with van der Waals surface area (Å²) in [6, 6.07) is 22.7. The summed E-state index contributed by atoms with van der Waals surface area (Å²) in [5, 5.41) is 22.1. The molecule has 3 N–H and O–H groups in total. The Labute approximate surface area is 196 Å². The molecule has 1 atom stereocenters. The topological polar surface area (TPSA) is 103 Å². The van der Waals surface area contributed by atoms with Crippen molar-refractivity contribution in [3.63, 3.8) is 0 Å². The van der Waals surface area contributed by atoms with Crippen molar-refractivity contribution in [3.8, 4) is 17.0 Å². The molecule has 0 spiro atoms. The number of phenols is 1. The van der Waals surface area contributed by atoms with E-state index in [2.05, 4.69) is 5.32 Å². The third-order valence-corrected chi connectivity index (χ3v) is 5.89. The van der Waals surface area contributed by atoms with Gasteiger partial charge in [0.1, 0.15) is 23.3 Å². The van der Waals surface area contributed by atoms with Crippen LogP contribution in [-0.2, 0) is 12.8 Å². The second kappa shape index (κ2) is 8.78. The number of carbonyl (C=O) groups excluding carboxylic acids is 1. The summed E-state index contributed by atoms with van der Waals surface area (Å²) in [6.07, 6.45) is 2.70. The summed E-state index contributed by atoms with van der Waals surface area (Å²) in [4.78, 5) is 29.4. The van der Waals surface area contributed by atoms with E-state index in [9.17, 15) is 19.8 Å². The third-order valence-electron chi connectivity index (χ3n) is 5.89. The van der Waals surface area contributed by atoms with Gasteiger partial charge in [0.25, 0.3) is 0 Å². The van der Waals surface area contributed by atoms with Crippen LogP contribution in [0.4, 0.5) is 5.82 Å². The summed E-state index contributed by atoms with van der Waals surface area (Å²) in [5.74, 6) is -0.254. The summed E-state index contributed by atoms with van der Waals surface area (Å²) in [6.45, 7) is 0. The van der Waals surface area contributed by atoms with E-state index in [0.29, 0.717) is 24.4 Å². The van der Waals surface area contributed by atoms with Gasteiger partial charge in [-0.3, -0.25) is 5.32 Å². The molecule has 0 amide bonds. The molecule has 0 fully saturated rings. The van der Waals surface area contributed by atoms with E-state index in [-0.39, 0.29) is 17.2 Å². The molecular formula is C27H22N3O4+. The molecule has 168 valence electrons. The van der Waals surface area contributed by atoms with Gasteiger partial charge in [-0.2, -0.15) is 4.57 Å². The standard InChI is InChI=1S/C27H21N3O4/c31-21-12-6-18(7-13-21)15-23-26(32)30-16-24(19-8-10-20(11-9-19)27(33)34)28-22(25(30)29-23)14-17-4-2-1-3-5-17/h1-13,16,23H,14-15H2,(H2,31,33,34)/p+1. The number of aromatic hydroxyl groups is 1. The Morgan fingerprint density at radius 1 is 0.941 bits per heavy atom. The number of carbonyl (C=O) groups is 2. The number of aromatic nitrogens is 2.